The number of hydrogen-bond acceptors (Lipinski definition) is 6. The van der Waals surface area contributed by atoms with Gasteiger partial charge in [-0.3, -0.25) is 9.59 Å². The van der Waals surface area contributed by atoms with E-state index in [9.17, 15) is 19.8 Å². The number of rotatable bonds is 7. The van der Waals surface area contributed by atoms with E-state index >= 15 is 0 Å². The number of aliphatic hydroxyl groups is 2. The lowest BCUT2D eigenvalue weighted by atomic mass is 10.1. The van der Waals surface area contributed by atoms with Crippen LogP contribution in [-0.2, 0) is 9.59 Å². The molecule has 2 amide bonds. The van der Waals surface area contributed by atoms with Gasteiger partial charge in [-0.15, -0.1) is 23.5 Å². The minimum atomic E-state index is -0.796. The largest absolute Gasteiger partial charge is 0.372 e. The van der Waals surface area contributed by atoms with E-state index in [2.05, 4.69) is 27.7 Å². The van der Waals surface area contributed by atoms with Crippen molar-refractivity contribution in [1.29, 1.82) is 0 Å². The third-order valence-corrected chi connectivity index (χ3v) is 9.58. The van der Waals surface area contributed by atoms with Crippen molar-refractivity contribution in [3.8, 4) is 0 Å². The number of unbranched alkanes of at least 4 members (excludes halogenated alkanes) is 1. The summed E-state index contributed by atoms with van der Waals surface area (Å²) in [5.74, 6) is 0.402. The highest BCUT2D eigenvalue weighted by Gasteiger charge is 2.50. The first-order valence-electron chi connectivity index (χ1n) is 11.0. The standard InChI is InChI=1S/C22H40N2O4S2/c1-13(2)17-23(19(27)21(5,6)29-17)15(25)11-9-10-12-16(26)24-18(14(3)4)30-22(7,8)20(24)28/h13-14,17-20,27-28H,9-12H2,1-8H3. The lowest BCUT2D eigenvalue weighted by Gasteiger charge is -2.31. The van der Waals surface area contributed by atoms with Crippen molar-refractivity contribution in [3.63, 3.8) is 0 Å². The topological polar surface area (TPSA) is 81.1 Å². The summed E-state index contributed by atoms with van der Waals surface area (Å²) >= 11 is 3.30. The molecule has 2 aliphatic heterocycles. The van der Waals surface area contributed by atoms with Gasteiger partial charge in [0.15, 0.2) is 0 Å². The zero-order chi connectivity index (χ0) is 23.0. The number of thioether (sulfide) groups is 2. The molecule has 0 saturated carbocycles. The molecule has 0 radical (unpaired) electrons. The number of hydrogen-bond donors (Lipinski definition) is 2. The van der Waals surface area contributed by atoms with E-state index in [4.69, 9.17) is 0 Å². The molecule has 30 heavy (non-hydrogen) atoms. The molecule has 0 aliphatic carbocycles. The molecule has 0 spiro atoms. The Kier molecular flexibility index (Phi) is 8.25. The molecule has 8 heteroatoms. The van der Waals surface area contributed by atoms with Gasteiger partial charge in [-0.05, 0) is 52.4 Å². The van der Waals surface area contributed by atoms with Crippen LogP contribution in [0.5, 0.6) is 0 Å². The molecule has 2 heterocycles. The predicted octanol–water partition coefficient (Wildman–Crippen LogP) is 3.86. The first kappa shape index (κ1) is 25.8. The van der Waals surface area contributed by atoms with E-state index in [1.807, 2.05) is 27.7 Å². The van der Waals surface area contributed by atoms with Gasteiger partial charge >= 0.3 is 0 Å². The van der Waals surface area contributed by atoms with Crippen LogP contribution < -0.4 is 0 Å². The number of carbonyl (C=O) groups is 2. The van der Waals surface area contributed by atoms with Crippen molar-refractivity contribution >= 4 is 35.3 Å². The first-order valence-corrected chi connectivity index (χ1v) is 12.8. The lowest BCUT2D eigenvalue weighted by Crippen LogP contribution is -2.47. The fraction of sp³-hybridized carbons (Fsp3) is 0.909. The summed E-state index contributed by atoms with van der Waals surface area (Å²) in [6, 6.07) is 0. The maximum atomic E-state index is 12.9. The maximum Gasteiger partial charge on any atom is 0.225 e. The Balaban J connectivity index is 1.90. The van der Waals surface area contributed by atoms with Crippen LogP contribution in [0.3, 0.4) is 0 Å². The van der Waals surface area contributed by atoms with Crippen LogP contribution in [-0.4, -0.2) is 64.5 Å². The molecule has 174 valence electrons. The number of nitrogens with zero attached hydrogens (tertiary/aromatic N) is 2. The van der Waals surface area contributed by atoms with Crippen molar-refractivity contribution in [2.45, 2.75) is 114 Å². The third kappa shape index (κ3) is 5.30. The molecule has 0 aromatic heterocycles. The van der Waals surface area contributed by atoms with Crippen LogP contribution >= 0.6 is 23.5 Å². The summed E-state index contributed by atoms with van der Waals surface area (Å²) in [6.07, 6.45) is 0.235. The molecule has 2 aliphatic rings. The Morgan fingerprint density at radius 3 is 1.33 bits per heavy atom. The van der Waals surface area contributed by atoms with Crippen LogP contribution in [0.2, 0.25) is 0 Å². The number of aliphatic hydroxyl groups excluding tert-OH is 2. The minimum absolute atomic E-state index is 0.0325. The minimum Gasteiger partial charge on any atom is -0.372 e. The third-order valence-electron chi connectivity index (χ3n) is 5.92. The zero-order valence-corrected chi connectivity index (χ0v) is 21.3. The zero-order valence-electron chi connectivity index (χ0n) is 19.7. The van der Waals surface area contributed by atoms with E-state index in [-0.39, 0.29) is 43.9 Å². The molecule has 6 nitrogen and oxygen atoms in total. The molecule has 4 unspecified atom stereocenters. The number of carbonyl (C=O) groups excluding carboxylic acids is 2. The highest BCUT2D eigenvalue weighted by molar-refractivity contribution is 8.01. The van der Waals surface area contributed by atoms with Gasteiger partial charge < -0.3 is 20.0 Å². The van der Waals surface area contributed by atoms with Gasteiger partial charge in [0.1, 0.15) is 12.5 Å². The average Bonchev–Trinajstić information content (AvgIpc) is 3.01. The van der Waals surface area contributed by atoms with E-state index in [0.29, 0.717) is 25.7 Å². The van der Waals surface area contributed by atoms with Crippen molar-refractivity contribution in [2.75, 3.05) is 0 Å². The second-order valence-corrected chi connectivity index (χ2v) is 13.8. The molecule has 2 fully saturated rings. The number of amides is 2. The summed E-state index contributed by atoms with van der Waals surface area (Å²) in [7, 11) is 0. The van der Waals surface area contributed by atoms with Gasteiger partial charge in [0.2, 0.25) is 11.8 Å². The Hall–Kier alpha value is -0.440. The second-order valence-electron chi connectivity index (χ2n) is 10.3. The monoisotopic (exact) mass is 460 g/mol. The smallest absolute Gasteiger partial charge is 0.225 e. The molecule has 4 atom stereocenters. The van der Waals surface area contributed by atoms with E-state index in [1.54, 1.807) is 33.3 Å². The van der Waals surface area contributed by atoms with Gasteiger partial charge in [-0.2, -0.15) is 0 Å². The van der Waals surface area contributed by atoms with Crippen molar-refractivity contribution in [1.82, 2.24) is 9.80 Å². The average molecular weight is 461 g/mol. The summed E-state index contributed by atoms with van der Waals surface area (Å²) in [4.78, 5) is 29.0. The van der Waals surface area contributed by atoms with Crippen molar-refractivity contribution in [2.24, 2.45) is 11.8 Å². The second kappa shape index (κ2) is 9.59. The molecule has 0 aromatic carbocycles. The first-order chi connectivity index (χ1) is 13.7. The fourth-order valence-electron chi connectivity index (χ4n) is 4.09. The van der Waals surface area contributed by atoms with Crippen molar-refractivity contribution in [3.05, 3.63) is 0 Å². The van der Waals surface area contributed by atoms with Gasteiger partial charge in [0.25, 0.3) is 0 Å². The Morgan fingerprint density at radius 2 is 1.07 bits per heavy atom. The summed E-state index contributed by atoms with van der Waals surface area (Å²) in [5, 5.41) is 21.2. The van der Waals surface area contributed by atoms with E-state index in [1.165, 1.54) is 0 Å². The molecule has 2 rings (SSSR count). The molecule has 2 saturated heterocycles. The van der Waals surface area contributed by atoms with Crippen LogP contribution in [0.25, 0.3) is 0 Å². The Bertz CT molecular complexity index is 585. The van der Waals surface area contributed by atoms with Crippen LogP contribution in [0.4, 0.5) is 0 Å². The molecular weight excluding hydrogens is 420 g/mol. The van der Waals surface area contributed by atoms with Gasteiger partial charge in [0, 0.05) is 12.8 Å². The SMILES string of the molecule is CC(C)C1SC(C)(C)C(O)N1C(=O)CCCCC(=O)N1C(C(C)C)SC(C)(C)C1O. The molecular formula is C22H40N2O4S2. The highest BCUT2D eigenvalue weighted by atomic mass is 32.2. The predicted molar refractivity (Wildman–Crippen MR) is 125 cm³/mol. The lowest BCUT2D eigenvalue weighted by molar-refractivity contribution is -0.145. The molecule has 0 aromatic rings. The van der Waals surface area contributed by atoms with E-state index in [0.717, 1.165) is 0 Å². The quantitative estimate of drug-likeness (QED) is 0.562. The van der Waals surface area contributed by atoms with Gasteiger partial charge in [0.05, 0.1) is 20.2 Å². The summed E-state index contributed by atoms with van der Waals surface area (Å²) in [6.45, 7) is 16.1. The highest BCUT2D eigenvalue weighted by Crippen LogP contribution is 2.47. The normalized spacial score (nSPS) is 30.5. The van der Waals surface area contributed by atoms with Crippen LogP contribution in [0, 0.1) is 11.8 Å². The van der Waals surface area contributed by atoms with Crippen molar-refractivity contribution < 1.29 is 19.8 Å². The van der Waals surface area contributed by atoms with E-state index < -0.39 is 12.5 Å². The van der Waals surface area contributed by atoms with Crippen LogP contribution in [0.1, 0.15) is 81.1 Å². The van der Waals surface area contributed by atoms with Gasteiger partial charge in [-0.1, -0.05) is 27.7 Å². The fourth-order valence-corrected chi connectivity index (χ4v) is 7.04. The molecule has 0 bridgehead atoms. The summed E-state index contributed by atoms with van der Waals surface area (Å²) in [5.41, 5.74) is 0. The Morgan fingerprint density at radius 1 is 0.767 bits per heavy atom. The maximum absolute atomic E-state index is 12.9. The Labute approximate surface area is 190 Å². The summed E-state index contributed by atoms with van der Waals surface area (Å²) < 4.78 is -0.772. The van der Waals surface area contributed by atoms with Gasteiger partial charge in [-0.25, -0.2) is 0 Å². The molecule has 2 N–H and O–H groups in total. The van der Waals surface area contributed by atoms with Crippen LogP contribution in [0.15, 0.2) is 0 Å².